The molecule has 6 aromatic carbocycles. The lowest BCUT2D eigenvalue weighted by molar-refractivity contribution is 0.370. The lowest BCUT2D eigenvalue weighted by Crippen LogP contribution is -2.35. The van der Waals surface area contributed by atoms with E-state index in [2.05, 4.69) is 192 Å². The molecule has 3 heteroatoms. The highest BCUT2D eigenvalue weighted by Gasteiger charge is 2.26. The monoisotopic (exact) mass is 756 g/mol. The number of aryl methyl sites for hydroxylation is 3. The minimum absolute atomic E-state index is 0.394. The lowest BCUT2D eigenvalue weighted by Gasteiger charge is -2.36. The first kappa shape index (κ1) is 40.2. The molecule has 0 spiro atoms. The molecular formula is C54H65N3. The summed E-state index contributed by atoms with van der Waals surface area (Å²) in [4.78, 5) is 2.64. The van der Waals surface area contributed by atoms with Crippen molar-refractivity contribution < 1.29 is 0 Å². The van der Waals surface area contributed by atoms with Gasteiger partial charge in [0.1, 0.15) is 0 Å². The second-order valence-electron chi connectivity index (χ2n) is 17.6. The van der Waals surface area contributed by atoms with Crippen molar-refractivity contribution in [3.05, 3.63) is 160 Å². The summed E-state index contributed by atoms with van der Waals surface area (Å²) >= 11 is 0. The molecule has 296 valence electrons. The summed E-state index contributed by atoms with van der Waals surface area (Å²) in [5.74, 6) is 2.32. The molecule has 0 saturated carbocycles. The van der Waals surface area contributed by atoms with Crippen molar-refractivity contribution in [3.63, 3.8) is 0 Å². The molecule has 1 heterocycles. The number of hydrogen-bond donors (Lipinski definition) is 2. The third-order valence-electron chi connectivity index (χ3n) is 12.9. The molecule has 57 heavy (non-hydrogen) atoms. The van der Waals surface area contributed by atoms with Gasteiger partial charge in [-0.25, -0.2) is 0 Å². The number of hydrogen-bond acceptors (Lipinski definition) is 3. The summed E-state index contributed by atoms with van der Waals surface area (Å²) in [6, 6.07) is 45.1. The van der Waals surface area contributed by atoms with E-state index in [-0.39, 0.29) is 0 Å². The number of anilines is 5. The average Bonchev–Trinajstić information content (AvgIpc) is 3.21. The zero-order valence-corrected chi connectivity index (χ0v) is 35.8. The molecule has 1 fully saturated rings. The van der Waals surface area contributed by atoms with Crippen LogP contribution in [0.4, 0.5) is 28.4 Å². The number of para-hydroxylation sites is 4. The van der Waals surface area contributed by atoms with Crippen LogP contribution < -0.4 is 15.5 Å². The van der Waals surface area contributed by atoms with Crippen LogP contribution in [0.15, 0.2) is 121 Å². The normalized spacial score (nSPS) is 16.1. The van der Waals surface area contributed by atoms with Crippen molar-refractivity contribution in [1.82, 2.24) is 0 Å². The predicted molar refractivity (Wildman–Crippen MR) is 249 cm³/mol. The first-order chi connectivity index (χ1) is 27.6. The Morgan fingerprint density at radius 1 is 0.544 bits per heavy atom. The fraction of sp³-hybridized carbons (Fsp3) is 0.370. The van der Waals surface area contributed by atoms with E-state index >= 15 is 0 Å². The lowest BCUT2D eigenvalue weighted by atomic mass is 9.81. The highest BCUT2D eigenvalue weighted by Crippen LogP contribution is 2.43. The van der Waals surface area contributed by atoms with Crippen LogP contribution in [0.5, 0.6) is 0 Å². The zero-order chi connectivity index (χ0) is 40.1. The van der Waals surface area contributed by atoms with Crippen LogP contribution in [-0.4, -0.2) is 13.1 Å². The second kappa shape index (κ2) is 18.1. The summed E-state index contributed by atoms with van der Waals surface area (Å²) in [5.41, 5.74) is 16.0. The van der Waals surface area contributed by atoms with Crippen LogP contribution in [0.2, 0.25) is 0 Å². The Morgan fingerprint density at radius 2 is 1.11 bits per heavy atom. The van der Waals surface area contributed by atoms with Crippen LogP contribution in [0.1, 0.15) is 129 Å². The summed E-state index contributed by atoms with van der Waals surface area (Å²) in [6.07, 6.45) is 5.94. The van der Waals surface area contributed by atoms with Gasteiger partial charge in [-0.15, -0.1) is 0 Å². The molecule has 1 saturated heterocycles. The van der Waals surface area contributed by atoms with Gasteiger partial charge in [-0.2, -0.15) is 0 Å². The highest BCUT2D eigenvalue weighted by molar-refractivity contribution is 5.86. The molecule has 0 radical (unpaired) electrons. The smallest absolute Gasteiger partial charge is 0.0454 e. The van der Waals surface area contributed by atoms with Crippen molar-refractivity contribution in [2.45, 2.75) is 111 Å². The van der Waals surface area contributed by atoms with Gasteiger partial charge in [0.25, 0.3) is 0 Å². The van der Waals surface area contributed by atoms with Gasteiger partial charge in [0.2, 0.25) is 0 Å². The van der Waals surface area contributed by atoms with Gasteiger partial charge in [0, 0.05) is 41.5 Å². The van der Waals surface area contributed by atoms with Crippen molar-refractivity contribution in [2.75, 3.05) is 28.6 Å². The van der Waals surface area contributed by atoms with Gasteiger partial charge < -0.3 is 15.5 Å². The van der Waals surface area contributed by atoms with E-state index in [9.17, 15) is 0 Å². The number of nitrogens with zero attached hydrogens (tertiary/aromatic N) is 1. The van der Waals surface area contributed by atoms with Gasteiger partial charge in [-0.3, -0.25) is 0 Å². The van der Waals surface area contributed by atoms with Crippen LogP contribution in [0, 0.1) is 26.7 Å². The van der Waals surface area contributed by atoms with E-state index in [0.717, 1.165) is 25.9 Å². The van der Waals surface area contributed by atoms with E-state index < -0.39 is 0 Å². The number of benzene rings is 6. The molecule has 1 aliphatic heterocycles. The summed E-state index contributed by atoms with van der Waals surface area (Å²) in [5, 5.41) is 10.6. The van der Waals surface area contributed by atoms with Gasteiger partial charge in [-0.05, 0) is 150 Å². The van der Waals surface area contributed by atoms with Crippen LogP contribution >= 0.6 is 0 Å². The molecule has 2 N–H and O–H groups in total. The maximum atomic E-state index is 4.09. The van der Waals surface area contributed by atoms with Crippen molar-refractivity contribution in [3.8, 4) is 0 Å². The zero-order valence-electron chi connectivity index (χ0n) is 35.8. The van der Waals surface area contributed by atoms with Gasteiger partial charge in [0.05, 0.1) is 0 Å². The first-order valence-corrected chi connectivity index (χ1v) is 21.7. The molecule has 4 unspecified atom stereocenters. The fourth-order valence-electron chi connectivity index (χ4n) is 9.47. The van der Waals surface area contributed by atoms with Crippen molar-refractivity contribution >= 4 is 39.2 Å². The minimum Gasteiger partial charge on any atom is -0.371 e. The Bertz CT molecular complexity index is 2260. The largest absolute Gasteiger partial charge is 0.371 e. The standard InChI is InChI=1S/C54H65N3/c1-36(2)47-23-14-24-48(53(47)55-51-27-12-9-17-39(51)5)37(3)28-29-38(4)49-25-15-26-50(54(49)56-52-40(6)18-13-19-41(52)7)42(8)33-43-20-16-32-57(35-43)46-31-30-44-21-10-11-22-45(44)34-46/h9-15,17-19,21-27,30-31,34,36-38,42-43,55-56H,16,20,28-29,32-33,35H2,1-8H3. The molecule has 3 nitrogen and oxygen atoms in total. The SMILES string of the molecule is Cc1ccccc1Nc1c(C(C)C)cccc1C(C)CCC(C)c1cccc(C(C)CC2CCCN(c3ccc4ccccc4c3)C2)c1Nc1c(C)cccc1C. The van der Waals surface area contributed by atoms with E-state index in [0.29, 0.717) is 29.6 Å². The summed E-state index contributed by atoms with van der Waals surface area (Å²) < 4.78 is 0. The quantitative estimate of drug-likeness (QED) is 0.116. The second-order valence-corrected chi connectivity index (χ2v) is 17.6. The Kier molecular flexibility index (Phi) is 12.7. The molecule has 0 amide bonds. The number of fused-ring (bicyclic) bond motifs is 1. The Balaban J connectivity index is 1.13. The van der Waals surface area contributed by atoms with Gasteiger partial charge in [0.15, 0.2) is 0 Å². The third kappa shape index (κ3) is 9.25. The van der Waals surface area contributed by atoms with Crippen LogP contribution in [-0.2, 0) is 0 Å². The third-order valence-corrected chi connectivity index (χ3v) is 12.9. The van der Waals surface area contributed by atoms with E-state index in [1.54, 1.807) is 0 Å². The molecule has 0 bridgehead atoms. The molecule has 7 rings (SSSR count). The predicted octanol–water partition coefficient (Wildman–Crippen LogP) is 15.5. The molecular weight excluding hydrogens is 691 g/mol. The average molecular weight is 756 g/mol. The topological polar surface area (TPSA) is 27.3 Å². The molecule has 0 aliphatic carbocycles. The van der Waals surface area contributed by atoms with Crippen molar-refractivity contribution in [2.24, 2.45) is 5.92 Å². The van der Waals surface area contributed by atoms with Crippen LogP contribution in [0.3, 0.4) is 0 Å². The number of nitrogens with one attached hydrogen (secondary N) is 2. The number of rotatable bonds is 14. The highest BCUT2D eigenvalue weighted by atomic mass is 15.1. The summed E-state index contributed by atoms with van der Waals surface area (Å²) in [7, 11) is 0. The Hall–Kier alpha value is -5.02. The van der Waals surface area contributed by atoms with Crippen LogP contribution in [0.25, 0.3) is 10.8 Å². The Morgan fingerprint density at radius 3 is 1.77 bits per heavy atom. The number of piperidine rings is 1. The molecule has 4 atom stereocenters. The Labute approximate surface area is 343 Å². The molecule has 6 aromatic rings. The summed E-state index contributed by atoms with van der Waals surface area (Å²) in [6.45, 7) is 20.9. The maximum Gasteiger partial charge on any atom is 0.0454 e. The fourth-order valence-corrected chi connectivity index (χ4v) is 9.47. The van der Waals surface area contributed by atoms with Crippen molar-refractivity contribution in [1.29, 1.82) is 0 Å². The molecule has 1 aliphatic rings. The van der Waals surface area contributed by atoms with Gasteiger partial charge >= 0.3 is 0 Å². The molecule has 0 aromatic heterocycles. The van der Waals surface area contributed by atoms with E-state index in [4.69, 9.17) is 0 Å². The maximum absolute atomic E-state index is 4.09. The van der Waals surface area contributed by atoms with E-state index in [1.165, 1.54) is 97.4 Å². The van der Waals surface area contributed by atoms with Gasteiger partial charge in [-0.1, -0.05) is 138 Å². The first-order valence-electron chi connectivity index (χ1n) is 21.7. The van der Waals surface area contributed by atoms with E-state index in [1.807, 2.05) is 0 Å². The minimum atomic E-state index is 0.394.